The second-order valence-corrected chi connectivity index (χ2v) is 6.31. The molecule has 1 aromatic carbocycles. The number of carbonyl (C=O) groups is 2. The van der Waals surface area contributed by atoms with Gasteiger partial charge in [0.15, 0.2) is 0 Å². The molecule has 0 aliphatic carbocycles. The molecule has 0 unspecified atom stereocenters. The van der Waals surface area contributed by atoms with E-state index in [-0.39, 0.29) is 43.8 Å². The topological polar surface area (TPSA) is 146 Å². The van der Waals surface area contributed by atoms with Gasteiger partial charge in [-0.05, 0) is 31.5 Å². The molecule has 1 saturated heterocycles. The third-order valence-corrected chi connectivity index (χ3v) is 4.28. The van der Waals surface area contributed by atoms with Crippen LogP contribution in [0.15, 0.2) is 18.2 Å². The predicted octanol–water partition coefficient (Wildman–Crippen LogP) is 0.159. The zero-order valence-electron chi connectivity index (χ0n) is 15.0. The van der Waals surface area contributed by atoms with Crippen LogP contribution in [-0.2, 0) is 14.3 Å². The number of nitrogens with one attached hydrogen (secondary N) is 1. The van der Waals surface area contributed by atoms with Crippen LogP contribution in [0.1, 0.15) is 36.5 Å². The number of aliphatic hydroxyl groups excluding tert-OH is 3. The van der Waals surface area contributed by atoms with E-state index in [1.165, 1.54) is 18.2 Å². The molecule has 9 heteroatoms. The maximum atomic E-state index is 12.1. The Morgan fingerprint density at radius 2 is 2.07 bits per heavy atom. The Balaban J connectivity index is 1.94. The van der Waals surface area contributed by atoms with Crippen LogP contribution in [0.2, 0.25) is 0 Å². The van der Waals surface area contributed by atoms with Crippen LogP contribution in [0.4, 0.5) is 5.69 Å². The number of ether oxygens (including phenoxy) is 2. The molecular formula is C18H25NO8. The first kappa shape index (κ1) is 21.1. The number of aliphatic hydroxyl groups is 3. The van der Waals surface area contributed by atoms with Crippen LogP contribution < -0.4 is 5.32 Å². The van der Waals surface area contributed by atoms with Crippen LogP contribution in [0.3, 0.4) is 0 Å². The van der Waals surface area contributed by atoms with Crippen molar-refractivity contribution in [1.29, 1.82) is 0 Å². The first-order valence-electron chi connectivity index (χ1n) is 8.78. The summed E-state index contributed by atoms with van der Waals surface area (Å²) < 4.78 is 10.3. The van der Waals surface area contributed by atoms with Gasteiger partial charge in [-0.2, -0.15) is 0 Å². The van der Waals surface area contributed by atoms with Gasteiger partial charge in [0, 0.05) is 18.5 Å². The Hall–Kier alpha value is -2.20. The molecule has 0 saturated carbocycles. The Bertz CT molecular complexity index is 665. The van der Waals surface area contributed by atoms with E-state index in [0.717, 1.165) is 0 Å². The number of amides is 1. The minimum Gasteiger partial charge on any atom is -0.507 e. The van der Waals surface area contributed by atoms with Crippen LogP contribution in [-0.4, -0.2) is 69.9 Å². The van der Waals surface area contributed by atoms with Crippen molar-refractivity contribution in [3.8, 4) is 5.75 Å². The highest BCUT2D eigenvalue weighted by Crippen LogP contribution is 2.25. The van der Waals surface area contributed by atoms with Crippen molar-refractivity contribution in [2.75, 3.05) is 18.5 Å². The van der Waals surface area contributed by atoms with Gasteiger partial charge in [0.2, 0.25) is 5.91 Å². The molecule has 1 amide bonds. The lowest BCUT2D eigenvalue weighted by Crippen LogP contribution is -2.49. The standard InChI is InChI=1S/C18H25NO8/c1-2-26-18(25)12-7-10(3-4-13(12)21)19-16(23)6-5-15-17(24)14(22)8-11(9-20)27-15/h3-4,7,11,14-15,17,20-22,24H,2,5-6,8-9H2,1H3,(H,19,23)/t11-,14-,15+,17-/m0/s1. The Morgan fingerprint density at radius 1 is 1.33 bits per heavy atom. The number of phenolic OH excluding ortho intramolecular Hbond substituents is 1. The van der Waals surface area contributed by atoms with Crippen molar-refractivity contribution >= 4 is 17.6 Å². The van der Waals surface area contributed by atoms with E-state index in [2.05, 4.69) is 5.32 Å². The average molecular weight is 383 g/mol. The number of benzene rings is 1. The smallest absolute Gasteiger partial charge is 0.341 e. The molecule has 0 radical (unpaired) electrons. The molecule has 0 spiro atoms. The number of anilines is 1. The largest absolute Gasteiger partial charge is 0.507 e. The van der Waals surface area contributed by atoms with Crippen LogP contribution in [0.5, 0.6) is 5.75 Å². The summed E-state index contributed by atoms with van der Waals surface area (Å²) in [4.78, 5) is 23.9. The van der Waals surface area contributed by atoms with Crippen molar-refractivity contribution in [1.82, 2.24) is 0 Å². The third kappa shape index (κ3) is 5.64. The molecule has 1 heterocycles. The summed E-state index contributed by atoms with van der Waals surface area (Å²) in [5.74, 6) is -1.35. The molecule has 1 aliphatic heterocycles. The summed E-state index contributed by atoms with van der Waals surface area (Å²) in [7, 11) is 0. The van der Waals surface area contributed by atoms with E-state index < -0.39 is 36.3 Å². The van der Waals surface area contributed by atoms with Gasteiger partial charge in [-0.1, -0.05) is 0 Å². The summed E-state index contributed by atoms with van der Waals surface area (Å²) in [5.41, 5.74) is 0.244. The molecule has 150 valence electrons. The second kappa shape index (κ2) is 9.65. The van der Waals surface area contributed by atoms with Gasteiger partial charge in [0.1, 0.15) is 17.4 Å². The molecule has 1 aliphatic rings. The fourth-order valence-corrected chi connectivity index (χ4v) is 2.88. The van der Waals surface area contributed by atoms with Crippen molar-refractivity contribution in [2.45, 2.75) is 50.6 Å². The highest BCUT2D eigenvalue weighted by atomic mass is 16.5. The van der Waals surface area contributed by atoms with Crippen molar-refractivity contribution in [3.05, 3.63) is 23.8 Å². The lowest BCUT2D eigenvalue weighted by Gasteiger charge is -2.36. The van der Waals surface area contributed by atoms with E-state index in [4.69, 9.17) is 14.6 Å². The fraction of sp³-hybridized carbons (Fsp3) is 0.556. The first-order chi connectivity index (χ1) is 12.8. The summed E-state index contributed by atoms with van der Waals surface area (Å²) >= 11 is 0. The molecule has 1 aromatic rings. The van der Waals surface area contributed by atoms with Crippen LogP contribution in [0, 0.1) is 0 Å². The monoisotopic (exact) mass is 383 g/mol. The normalized spacial score (nSPS) is 25.0. The van der Waals surface area contributed by atoms with Gasteiger partial charge in [0.05, 0.1) is 31.5 Å². The Morgan fingerprint density at radius 3 is 2.74 bits per heavy atom. The summed E-state index contributed by atoms with van der Waals surface area (Å²) in [6.07, 6.45) is -3.25. The van der Waals surface area contributed by atoms with Gasteiger partial charge in [-0.3, -0.25) is 4.79 Å². The minimum atomic E-state index is -1.13. The van der Waals surface area contributed by atoms with Crippen molar-refractivity contribution < 1.29 is 39.5 Å². The number of carbonyl (C=O) groups excluding carboxylic acids is 2. The quantitative estimate of drug-likeness (QED) is 0.331. The predicted molar refractivity (Wildman–Crippen MR) is 94.3 cm³/mol. The fourth-order valence-electron chi connectivity index (χ4n) is 2.88. The summed E-state index contributed by atoms with van der Waals surface area (Å²) in [5, 5.41) is 41.2. The second-order valence-electron chi connectivity index (χ2n) is 6.31. The summed E-state index contributed by atoms with van der Waals surface area (Å²) in [6.45, 7) is 1.51. The lowest BCUT2D eigenvalue weighted by atomic mass is 9.95. The number of hydrogen-bond donors (Lipinski definition) is 5. The van der Waals surface area contributed by atoms with E-state index in [9.17, 15) is 24.9 Å². The highest BCUT2D eigenvalue weighted by Gasteiger charge is 2.36. The van der Waals surface area contributed by atoms with Crippen LogP contribution in [0.25, 0.3) is 0 Å². The van der Waals surface area contributed by atoms with Gasteiger partial charge >= 0.3 is 5.97 Å². The van der Waals surface area contributed by atoms with Gasteiger partial charge in [0.25, 0.3) is 0 Å². The highest BCUT2D eigenvalue weighted by molar-refractivity contribution is 5.96. The maximum Gasteiger partial charge on any atom is 0.341 e. The molecule has 1 fully saturated rings. The molecule has 2 rings (SSSR count). The molecular weight excluding hydrogens is 358 g/mol. The van der Waals surface area contributed by atoms with E-state index in [1.807, 2.05) is 0 Å². The van der Waals surface area contributed by atoms with Crippen molar-refractivity contribution in [3.63, 3.8) is 0 Å². The zero-order chi connectivity index (χ0) is 20.0. The van der Waals surface area contributed by atoms with Crippen molar-refractivity contribution in [2.24, 2.45) is 0 Å². The maximum absolute atomic E-state index is 12.1. The Kier molecular flexibility index (Phi) is 7.55. The molecule has 0 aromatic heterocycles. The number of rotatable bonds is 7. The van der Waals surface area contributed by atoms with E-state index in [0.29, 0.717) is 5.69 Å². The number of hydrogen-bond acceptors (Lipinski definition) is 8. The number of phenols is 1. The molecule has 5 N–H and O–H groups in total. The summed E-state index contributed by atoms with van der Waals surface area (Å²) in [6, 6.07) is 4.02. The number of aromatic hydroxyl groups is 1. The molecule has 4 atom stereocenters. The number of esters is 1. The minimum absolute atomic E-state index is 0.0117. The SMILES string of the molecule is CCOC(=O)c1cc(NC(=O)CC[C@H]2O[C@H](CO)C[C@H](O)[C@@H]2O)ccc1O. The molecule has 9 nitrogen and oxygen atoms in total. The van der Waals surface area contributed by atoms with E-state index >= 15 is 0 Å². The lowest BCUT2D eigenvalue weighted by molar-refractivity contribution is -0.179. The molecule has 0 bridgehead atoms. The zero-order valence-corrected chi connectivity index (χ0v) is 15.0. The van der Waals surface area contributed by atoms with Gasteiger partial charge < -0.3 is 35.2 Å². The molecule has 27 heavy (non-hydrogen) atoms. The van der Waals surface area contributed by atoms with Gasteiger partial charge in [-0.25, -0.2) is 4.79 Å². The third-order valence-electron chi connectivity index (χ3n) is 4.28. The average Bonchev–Trinajstić information content (AvgIpc) is 2.64. The van der Waals surface area contributed by atoms with E-state index in [1.54, 1.807) is 6.92 Å². The van der Waals surface area contributed by atoms with Gasteiger partial charge in [-0.15, -0.1) is 0 Å². The van der Waals surface area contributed by atoms with Crippen LogP contribution >= 0.6 is 0 Å². The first-order valence-corrected chi connectivity index (χ1v) is 8.78. The Labute approximate surface area is 156 Å².